The normalized spacial score (nSPS) is 23.8. The van der Waals surface area contributed by atoms with Crippen LogP contribution in [0.3, 0.4) is 0 Å². The Morgan fingerprint density at radius 1 is 1.25 bits per heavy atom. The molecule has 2 fully saturated rings. The maximum Gasteiger partial charge on any atom is 0.270 e. The molecule has 20 heavy (non-hydrogen) atoms. The van der Waals surface area contributed by atoms with Crippen molar-refractivity contribution in [3.05, 3.63) is 21.9 Å². The molecule has 2 aliphatic rings. The van der Waals surface area contributed by atoms with E-state index in [-0.39, 0.29) is 5.91 Å². The molecule has 6 heteroatoms. The molecule has 3 heterocycles. The average molecular weight is 316 g/mol. The Balaban J connectivity index is 1.76. The molecule has 110 valence electrons. The van der Waals surface area contributed by atoms with Crippen molar-refractivity contribution in [3.63, 3.8) is 0 Å². The van der Waals surface area contributed by atoms with E-state index in [4.69, 9.17) is 23.2 Å². The van der Waals surface area contributed by atoms with Crippen LogP contribution in [0.1, 0.15) is 29.8 Å². The molecule has 3 rings (SSSR count). The van der Waals surface area contributed by atoms with Crippen molar-refractivity contribution in [2.75, 3.05) is 26.2 Å². The summed E-state index contributed by atoms with van der Waals surface area (Å²) in [6.07, 6.45) is 3.75. The van der Waals surface area contributed by atoms with Gasteiger partial charge in [0.2, 0.25) is 0 Å². The van der Waals surface area contributed by atoms with Gasteiger partial charge in [-0.15, -0.1) is 0 Å². The van der Waals surface area contributed by atoms with Crippen LogP contribution in [-0.2, 0) is 7.05 Å². The van der Waals surface area contributed by atoms with Crippen LogP contribution in [0.4, 0.5) is 0 Å². The molecule has 0 N–H and O–H groups in total. The molecule has 0 radical (unpaired) electrons. The van der Waals surface area contributed by atoms with E-state index in [1.54, 1.807) is 17.7 Å². The average Bonchev–Trinajstić information content (AvgIpc) is 2.73. The molecule has 0 aliphatic carbocycles. The highest BCUT2D eigenvalue weighted by atomic mass is 35.5. The van der Waals surface area contributed by atoms with Crippen LogP contribution in [-0.4, -0.2) is 52.5 Å². The van der Waals surface area contributed by atoms with Crippen LogP contribution >= 0.6 is 23.2 Å². The first kappa shape index (κ1) is 14.2. The molecule has 1 amide bonds. The summed E-state index contributed by atoms with van der Waals surface area (Å²) >= 11 is 12.0. The molecule has 1 atom stereocenters. The van der Waals surface area contributed by atoms with Crippen LogP contribution in [0, 0.1) is 0 Å². The van der Waals surface area contributed by atoms with Crippen LogP contribution in [0.2, 0.25) is 10.2 Å². The Bertz CT molecular complexity index is 529. The van der Waals surface area contributed by atoms with Gasteiger partial charge in [-0.1, -0.05) is 29.6 Å². The molecular weight excluding hydrogens is 297 g/mol. The van der Waals surface area contributed by atoms with E-state index in [9.17, 15) is 4.79 Å². The molecule has 0 unspecified atom stereocenters. The van der Waals surface area contributed by atoms with E-state index < -0.39 is 0 Å². The quantitative estimate of drug-likeness (QED) is 0.797. The zero-order chi connectivity index (χ0) is 14.3. The lowest BCUT2D eigenvalue weighted by Crippen LogP contribution is -2.56. The second-order valence-corrected chi connectivity index (χ2v) is 6.43. The number of piperazine rings is 1. The number of carbonyl (C=O) groups excluding carboxylic acids is 1. The lowest BCUT2D eigenvalue weighted by Gasteiger charge is -2.44. The Labute approximate surface area is 129 Å². The first-order valence-corrected chi connectivity index (χ1v) is 7.87. The molecule has 2 aliphatic heterocycles. The Morgan fingerprint density at radius 3 is 2.75 bits per heavy atom. The van der Waals surface area contributed by atoms with Crippen LogP contribution in [0.5, 0.6) is 0 Å². The zero-order valence-corrected chi connectivity index (χ0v) is 13.1. The molecule has 0 saturated carbocycles. The Kier molecular flexibility index (Phi) is 3.98. The molecular formula is C14H19Cl2N3O. The minimum atomic E-state index is 0.0338. The second kappa shape index (κ2) is 5.58. The maximum absolute atomic E-state index is 12.6. The monoisotopic (exact) mass is 315 g/mol. The molecule has 1 aromatic rings. The third-order valence-corrected chi connectivity index (χ3v) is 5.30. The third-order valence-electron chi connectivity index (χ3n) is 4.46. The first-order valence-electron chi connectivity index (χ1n) is 7.12. The molecule has 2 saturated heterocycles. The van der Waals surface area contributed by atoms with Gasteiger partial charge in [0, 0.05) is 32.7 Å². The number of aromatic nitrogens is 1. The summed E-state index contributed by atoms with van der Waals surface area (Å²) in [4.78, 5) is 17.1. The summed E-state index contributed by atoms with van der Waals surface area (Å²) < 4.78 is 1.67. The maximum atomic E-state index is 12.6. The minimum Gasteiger partial charge on any atom is -0.335 e. The van der Waals surface area contributed by atoms with Gasteiger partial charge in [-0.25, -0.2) is 0 Å². The fraction of sp³-hybridized carbons (Fsp3) is 0.643. The van der Waals surface area contributed by atoms with Gasteiger partial charge >= 0.3 is 0 Å². The number of hydrogen-bond acceptors (Lipinski definition) is 2. The van der Waals surface area contributed by atoms with Crippen LogP contribution < -0.4 is 0 Å². The fourth-order valence-corrected chi connectivity index (χ4v) is 3.63. The van der Waals surface area contributed by atoms with Crippen molar-refractivity contribution in [1.29, 1.82) is 0 Å². The van der Waals surface area contributed by atoms with Crippen molar-refractivity contribution in [2.45, 2.75) is 25.3 Å². The van der Waals surface area contributed by atoms with Crippen LogP contribution in [0.15, 0.2) is 6.07 Å². The smallest absolute Gasteiger partial charge is 0.270 e. The number of halogens is 2. The van der Waals surface area contributed by atoms with Crippen molar-refractivity contribution in [2.24, 2.45) is 7.05 Å². The summed E-state index contributed by atoms with van der Waals surface area (Å²) in [6.45, 7) is 3.76. The number of hydrogen-bond donors (Lipinski definition) is 0. The Morgan fingerprint density at radius 2 is 2.05 bits per heavy atom. The van der Waals surface area contributed by atoms with Gasteiger partial charge in [0.1, 0.15) is 10.8 Å². The molecule has 0 bridgehead atoms. The molecule has 4 nitrogen and oxygen atoms in total. The van der Waals surface area contributed by atoms with Gasteiger partial charge in [-0.3, -0.25) is 9.69 Å². The van der Waals surface area contributed by atoms with Crippen molar-refractivity contribution in [3.8, 4) is 0 Å². The van der Waals surface area contributed by atoms with Crippen molar-refractivity contribution < 1.29 is 4.79 Å². The van der Waals surface area contributed by atoms with E-state index in [0.717, 1.165) is 19.6 Å². The Hall–Kier alpha value is -0.710. The number of nitrogens with zero attached hydrogens (tertiary/aromatic N) is 3. The summed E-state index contributed by atoms with van der Waals surface area (Å²) in [5.41, 5.74) is 0.573. The van der Waals surface area contributed by atoms with E-state index in [0.29, 0.717) is 21.9 Å². The van der Waals surface area contributed by atoms with Gasteiger partial charge in [-0.05, 0) is 25.5 Å². The van der Waals surface area contributed by atoms with Crippen molar-refractivity contribution >= 4 is 29.1 Å². The molecule has 0 spiro atoms. The summed E-state index contributed by atoms with van der Waals surface area (Å²) in [7, 11) is 1.78. The molecule has 1 aromatic heterocycles. The van der Waals surface area contributed by atoms with Gasteiger partial charge in [0.05, 0.1) is 5.02 Å². The van der Waals surface area contributed by atoms with E-state index in [1.807, 2.05) is 4.90 Å². The summed E-state index contributed by atoms with van der Waals surface area (Å²) in [5, 5.41) is 0.861. The van der Waals surface area contributed by atoms with Crippen LogP contribution in [0.25, 0.3) is 0 Å². The topological polar surface area (TPSA) is 28.5 Å². The van der Waals surface area contributed by atoms with Gasteiger partial charge in [0.25, 0.3) is 5.91 Å². The van der Waals surface area contributed by atoms with Crippen molar-refractivity contribution in [1.82, 2.24) is 14.4 Å². The SMILES string of the molecule is Cn1c(C(=O)N2CCN3CCCC[C@@H]3C2)cc(Cl)c1Cl. The fourth-order valence-electron chi connectivity index (χ4n) is 3.25. The number of carbonyl (C=O) groups is 1. The number of piperidine rings is 1. The number of rotatable bonds is 1. The zero-order valence-electron chi connectivity index (χ0n) is 11.6. The van der Waals surface area contributed by atoms with E-state index >= 15 is 0 Å². The van der Waals surface area contributed by atoms with Gasteiger partial charge < -0.3 is 9.47 Å². The highest BCUT2D eigenvalue weighted by Crippen LogP contribution is 2.27. The molecule has 0 aromatic carbocycles. The summed E-state index contributed by atoms with van der Waals surface area (Å²) in [5.74, 6) is 0.0338. The summed E-state index contributed by atoms with van der Waals surface area (Å²) in [6, 6.07) is 2.19. The lowest BCUT2D eigenvalue weighted by atomic mass is 9.99. The largest absolute Gasteiger partial charge is 0.335 e. The highest BCUT2D eigenvalue weighted by molar-refractivity contribution is 6.41. The van der Waals surface area contributed by atoms with Gasteiger partial charge in [0.15, 0.2) is 0 Å². The third kappa shape index (κ3) is 2.45. The van der Waals surface area contributed by atoms with E-state index in [2.05, 4.69) is 4.90 Å². The minimum absolute atomic E-state index is 0.0338. The predicted octanol–water partition coefficient (Wildman–Crippen LogP) is 2.64. The number of fused-ring (bicyclic) bond motifs is 1. The standard InChI is InChI=1S/C14H19Cl2N3O/c1-17-12(8-11(15)13(17)16)14(20)19-7-6-18-5-3-2-4-10(18)9-19/h8,10H,2-7,9H2,1H3/t10-/m1/s1. The first-order chi connectivity index (χ1) is 9.58. The van der Waals surface area contributed by atoms with E-state index in [1.165, 1.54) is 25.8 Å². The lowest BCUT2D eigenvalue weighted by molar-refractivity contribution is 0.0365. The number of amides is 1. The highest BCUT2D eigenvalue weighted by Gasteiger charge is 2.32. The van der Waals surface area contributed by atoms with Gasteiger partial charge in [-0.2, -0.15) is 0 Å². The predicted molar refractivity (Wildman–Crippen MR) is 80.5 cm³/mol. The second-order valence-electron chi connectivity index (χ2n) is 5.66.